The van der Waals surface area contributed by atoms with Crippen LogP contribution in [0.15, 0.2) is 61.2 Å². The fourth-order valence-electron chi connectivity index (χ4n) is 1.78. The minimum absolute atomic E-state index is 0. The molecule has 0 atom stereocenters. The van der Waals surface area contributed by atoms with Gasteiger partial charge in [0.15, 0.2) is 24.8 Å². The Morgan fingerprint density at radius 3 is 1.29 bits per heavy atom. The van der Waals surface area contributed by atoms with Crippen molar-refractivity contribution in [1.29, 1.82) is 0 Å². The first-order valence-corrected chi connectivity index (χ1v) is 6.93. The van der Waals surface area contributed by atoms with Gasteiger partial charge in [0.25, 0.3) is 0 Å². The lowest BCUT2D eigenvalue weighted by Crippen LogP contribution is -3.00. The molecule has 0 aliphatic carbocycles. The van der Waals surface area contributed by atoms with E-state index in [-0.39, 0.29) is 63.1 Å². The highest BCUT2D eigenvalue weighted by Gasteiger charge is 2.12. The quantitative estimate of drug-likeness (QED) is 0.276. The average molecular weight is 373 g/mol. The summed E-state index contributed by atoms with van der Waals surface area (Å²) in [5.41, 5.74) is 0. The molecule has 0 fully saturated rings. The fourth-order valence-corrected chi connectivity index (χ4v) is 1.78. The van der Waals surface area contributed by atoms with E-state index in [1.165, 1.54) is 0 Å². The standard InChI is InChI=1S/C16H18N2O4.2ClH/c19-15(13-17-7-3-1-4-8-17)21-11-12-22-16(20)14-18-9-5-2-6-10-18;;/h1-10H,11-14H2;2*1H/q+2;;/p-2. The second-order valence-corrected chi connectivity index (χ2v) is 4.54. The molecule has 0 unspecified atom stereocenters. The predicted octanol–water partition coefficient (Wildman–Crippen LogP) is -5.94. The fraction of sp³-hybridized carbons (Fsp3) is 0.250. The summed E-state index contributed by atoms with van der Waals surface area (Å²) >= 11 is 0. The van der Waals surface area contributed by atoms with Crippen LogP contribution >= 0.6 is 0 Å². The number of carbonyl (C=O) groups is 2. The lowest BCUT2D eigenvalue weighted by molar-refractivity contribution is -0.686. The Bertz CT molecular complexity index is 556. The van der Waals surface area contributed by atoms with E-state index < -0.39 is 0 Å². The second kappa shape index (κ2) is 12.3. The van der Waals surface area contributed by atoms with Crippen molar-refractivity contribution in [1.82, 2.24) is 0 Å². The number of halogens is 2. The Morgan fingerprint density at radius 1 is 0.625 bits per heavy atom. The van der Waals surface area contributed by atoms with Gasteiger partial charge in [-0.25, -0.2) is 9.59 Å². The zero-order chi connectivity index (χ0) is 15.6. The van der Waals surface area contributed by atoms with Crippen molar-refractivity contribution in [2.75, 3.05) is 13.2 Å². The van der Waals surface area contributed by atoms with E-state index in [4.69, 9.17) is 9.47 Å². The molecule has 0 saturated heterocycles. The number of nitrogens with zero attached hydrogens (tertiary/aromatic N) is 2. The normalized spacial score (nSPS) is 9.17. The SMILES string of the molecule is O=C(C[n+]1ccccc1)OCCOC(=O)C[n+]1ccccc1.[Cl-].[Cl-]. The van der Waals surface area contributed by atoms with Crippen molar-refractivity contribution in [3.05, 3.63) is 61.2 Å². The Kier molecular flexibility index (Phi) is 11.2. The molecule has 130 valence electrons. The van der Waals surface area contributed by atoms with Gasteiger partial charge in [0.1, 0.15) is 13.2 Å². The van der Waals surface area contributed by atoms with Gasteiger partial charge in [-0.15, -0.1) is 0 Å². The van der Waals surface area contributed by atoms with Gasteiger partial charge >= 0.3 is 11.9 Å². The third kappa shape index (κ3) is 8.45. The van der Waals surface area contributed by atoms with Crippen LogP contribution < -0.4 is 33.9 Å². The largest absolute Gasteiger partial charge is 1.00 e. The van der Waals surface area contributed by atoms with Gasteiger partial charge in [-0.3, -0.25) is 0 Å². The molecule has 0 aromatic carbocycles. The van der Waals surface area contributed by atoms with E-state index in [0.717, 1.165) is 0 Å². The van der Waals surface area contributed by atoms with Crippen molar-refractivity contribution in [3.63, 3.8) is 0 Å². The van der Waals surface area contributed by atoms with E-state index >= 15 is 0 Å². The Labute approximate surface area is 152 Å². The summed E-state index contributed by atoms with van der Waals surface area (Å²) < 4.78 is 13.4. The molecule has 2 aromatic heterocycles. The Hall–Kier alpha value is -2.18. The molecule has 2 rings (SSSR count). The zero-order valence-electron chi connectivity index (χ0n) is 12.9. The molecular formula is C16H18Cl2N2O4. The monoisotopic (exact) mass is 372 g/mol. The number of carbonyl (C=O) groups excluding carboxylic acids is 2. The first-order valence-electron chi connectivity index (χ1n) is 6.93. The molecule has 2 aromatic rings. The molecule has 0 N–H and O–H groups in total. The van der Waals surface area contributed by atoms with Gasteiger partial charge in [-0.1, -0.05) is 12.1 Å². The lowest BCUT2D eigenvalue weighted by atomic mass is 10.5. The molecule has 0 aliphatic heterocycles. The average Bonchev–Trinajstić information content (AvgIpc) is 2.53. The van der Waals surface area contributed by atoms with Crippen LogP contribution in [-0.2, 0) is 32.2 Å². The molecule has 24 heavy (non-hydrogen) atoms. The number of rotatable bonds is 7. The summed E-state index contributed by atoms with van der Waals surface area (Å²) in [6, 6.07) is 11.1. The minimum Gasteiger partial charge on any atom is -1.00 e. The number of ether oxygens (including phenoxy) is 2. The first kappa shape index (κ1) is 21.8. The van der Waals surface area contributed by atoms with Crippen LogP contribution in [-0.4, -0.2) is 25.2 Å². The molecule has 0 saturated carbocycles. The number of esters is 2. The van der Waals surface area contributed by atoms with Gasteiger partial charge < -0.3 is 34.3 Å². The van der Waals surface area contributed by atoms with Crippen LogP contribution in [0.1, 0.15) is 0 Å². The third-order valence-corrected chi connectivity index (χ3v) is 2.79. The summed E-state index contributed by atoms with van der Waals surface area (Å²) in [6.07, 6.45) is 7.10. The number of hydrogen-bond acceptors (Lipinski definition) is 4. The number of pyridine rings is 2. The molecular weight excluding hydrogens is 355 g/mol. The maximum Gasteiger partial charge on any atom is 0.372 e. The van der Waals surface area contributed by atoms with Gasteiger partial charge in [0, 0.05) is 24.3 Å². The maximum atomic E-state index is 11.6. The summed E-state index contributed by atoms with van der Waals surface area (Å²) in [7, 11) is 0. The first-order chi connectivity index (χ1) is 10.7. The predicted molar refractivity (Wildman–Crippen MR) is 75.2 cm³/mol. The molecule has 0 spiro atoms. The van der Waals surface area contributed by atoms with Crippen molar-refractivity contribution in [3.8, 4) is 0 Å². The maximum absolute atomic E-state index is 11.6. The third-order valence-electron chi connectivity index (χ3n) is 2.79. The van der Waals surface area contributed by atoms with Crippen molar-refractivity contribution < 1.29 is 53.0 Å². The van der Waals surface area contributed by atoms with Crippen LogP contribution in [0, 0.1) is 0 Å². The van der Waals surface area contributed by atoms with E-state index in [2.05, 4.69) is 0 Å². The molecule has 6 nitrogen and oxygen atoms in total. The molecule has 2 heterocycles. The summed E-state index contributed by atoms with van der Waals surface area (Å²) in [6.45, 7) is 0.373. The molecule has 0 amide bonds. The smallest absolute Gasteiger partial charge is 0.372 e. The molecule has 0 aliphatic rings. The Morgan fingerprint density at radius 2 is 0.958 bits per heavy atom. The van der Waals surface area contributed by atoms with Crippen LogP contribution in [0.3, 0.4) is 0 Å². The zero-order valence-corrected chi connectivity index (χ0v) is 14.4. The van der Waals surface area contributed by atoms with Crippen molar-refractivity contribution in [2.24, 2.45) is 0 Å². The van der Waals surface area contributed by atoms with Crippen LogP contribution in [0.25, 0.3) is 0 Å². The summed E-state index contributed by atoms with van der Waals surface area (Å²) in [5.74, 6) is -0.741. The van der Waals surface area contributed by atoms with Crippen LogP contribution in [0.2, 0.25) is 0 Å². The van der Waals surface area contributed by atoms with Gasteiger partial charge in [0.05, 0.1) is 0 Å². The Balaban J connectivity index is 0.00000264. The van der Waals surface area contributed by atoms with Crippen molar-refractivity contribution in [2.45, 2.75) is 13.1 Å². The van der Waals surface area contributed by atoms with Gasteiger partial charge in [-0.05, 0) is 0 Å². The highest BCUT2D eigenvalue weighted by atomic mass is 35.5. The van der Waals surface area contributed by atoms with E-state index in [9.17, 15) is 9.59 Å². The van der Waals surface area contributed by atoms with Gasteiger partial charge in [-0.2, -0.15) is 9.13 Å². The molecule has 8 heteroatoms. The second-order valence-electron chi connectivity index (χ2n) is 4.54. The van der Waals surface area contributed by atoms with E-state index in [0.29, 0.717) is 0 Å². The van der Waals surface area contributed by atoms with Gasteiger partial charge in [0.2, 0.25) is 13.1 Å². The summed E-state index contributed by atoms with van der Waals surface area (Å²) in [4.78, 5) is 23.1. The highest BCUT2D eigenvalue weighted by Crippen LogP contribution is 1.85. The number of hydrogen-bond donors (Lipinski definition) is 0. The van der Waals surface area contributed by atoms with Crippen molar-refractivity contribution >= 4 is 11.9 Å². The van der Waals surface area contributed by atoms with Crippen LogP contribution in [0.4, 0.5) is 0 Å². The van der Waals surface area contributed by atoms with E-state index in [1.54, 1.807) is 33.9 Å². The molecule has 0 radical (unpaired) electrons. The lowest BCUT2D eigenvalue weighted by Gasteiger charge is -2.04. The minimum atomic E-state index is -0.371. The summed E-state index contributed by atoms with van der Waals surface area (Å²) in [5, 5.41) is 0. The van der Waals surface area contributed by atoms with E-state index in [1.807, 2.05) is 36.4 Å². The highest BCUT2D eigenvalue weighted by molar-refractivity contribution is 5.68. The number of aromatic nitrogens is 2. The topological polar surface area (TPSA) is 60.4 Å². The molecule has 0 bridgehead atoms. The van der Waals surface area contributed by atoms with Crippen LogP contribution in [0.5, 0.6) is 0 Å².